The molecular formula is C51H58N8O10S2. The summed E-state index contributed by atoms with van der Waals surface area (Å²) in [5.74, 6) is -1.21. The van der Waals surface area contributed by atoms with Crippen molar-refractivity contribution >= 4 is 56.3 Å². The van der Waals surface area contributed by atoms with Gasteiger partial charge in [-0.3, -0.25) is 19.6 Å². The number of hydroxylamine groups is 2. The van der Waals surface area contributed by atoms with Gasteiger partial charge >= 0.3 is 16.5 Å². The molecule has 4 aromatic carbocycles. The number of anilines is 1. The minimum Gasteiger partial charge on any atom is -0.490 e. The number of Topliss-reactive ketones (excluding diaryl/α,β-unsaturated/α-hetero) is 1. The molecule has 2 saturated heterocycles. The maximum absolute atomic E-state index is 14.3. The Morgan fingerprint density at radius 2 is 1.52 bits per heavy atom. The van der Waals surface area contributed by atoms with Gasteiger partial charge in [0.2, 0.25) is 0 Å². The number of thiazole rings is 1. The summed E-state index contributed by atoms with van der Waals surface area (Å²) in [7, 11) is -5.01. The Labute approximate surface area is 417 Å². The molecule has 71 heavy (non-hydrogen) atoms. The molecule has 0 radical (unpaired) electrons. The number of β-lactam (4-membered cyclic amide) rings is 1. The highest BCUT2D eigenvalue weighted by Gasteiger charge is 2.57. The SMILES string of the molecule is CC(C)(C)OC(=O)NCC1CCN(C(=N)N2Cc3ccc(OCCO/N=C(\C(=O)C[C@@H]4C(=O)N(OS(=O)(=O)O)C4(C)C)c4csc(NC(c5ccccc5)(c5ccccc5)c5ccccc5)n4)cc3C2)C1. The number of carbonyl (C=O) groups is 3. The highest BCUT2D eigenvalue weighted by atomic mass is 32.3. The van der Waals surface area contributed by atoms with Crippen molar-refractivity contribution in [1.82, 2.24) is 25.2 Å². The van der Waals surface area contributed by atoms with E-state index in [1.165, 1.54) is 25.2 Å². The second-order valence-corrected chi connectivity index (χ2v) is 21.1. The van der Waals surface area contributed by atoms with Crippen LogP contribution in [0, 0.1) is 17.2 Å². The first-order chi connectivity index (χ1) is 33.8. The molecule has 1 unspecified atom stereocenters. The number of fused-ring (bicyclic) bond motifs is 1. The van der Waals surface area contributed by atoms with Gasteiger partial charge < -0.3 is 34.7 Å². The summed E-state index contributed by atoms with van der Waals surface area (Å²) in [6.45, 7) is 11.5. The van der Waals surface area contributed by atoms with Crippen LogP contribution in [0.25, 0.3) is 0 Å². The minimum atomic E-state index is -5.01. The van der Waals surface area contributed by atoms with Gasteiger partial charge in [-0.1, -0.05) is 102 Å². The van der Waals surface area contributed by atoms with E-state index >= 15 is 0 Å². The lowest BCUT2D eigenvalue weighted by Gasteiger charge is -2.50. The van der Waals surface area contributed by atoms with Gasteiger partial charge in [-0.15, -0.1) is 15.6 Å². The number of carbonyl (C=O) groups excluding carboxylic acids is 3. The summed E-state index contributed by atoms with van der Waals surface area (Å²) in [4.78, 5) is 54.3. The molecule has 4 N–H and O–H groups in total. The third kappa shape index (κ3) is 11.7. The first-order valence-corrected chi connectivity index (χ1v) is 25.5. The maximum atomic E-state index is 14.3. The average Bonchev–Trinajstić information content (AvgIpc) is 4.12. The van der Waals surface area contributed by atoms with Crippen LogP contribution in [0.1, 0.15) is 81.0 Å². The van der Waals surface area contributed by atoms with Crippen LogP contribution < -0.4 is 15.4 Å². The third-order valence-corrected chi connectivity index (χ3v) is 13.8. The van der Waals surface area contributed by atoms with Crippen molar-refractivity contribution in [3.05, 3.63) is 148 Å². The number of oxime groups is 1. The zero-order valence-corrected chi connectivity index (χ0v) is 41.8. The molecule has 0 aliphatic carbocycles. The second kappa shape index (κ2) is 20.8. The molecule has 5 aromatic rings. The molecular weight excluding hydrogens is 949 g/mol. The summed E-state index contributed by atoms with van der Waals surface area (Å²) in [6.07, 6.45) is 0.0116. The van der Waals surface area contributed by atoms with Crippen molar-refractivity contribution in [2.24, 2.45) is 17.0 Å². The Bertz CT molecular complexity index is 2780. The molecule has 0 bridgehead atoms. The fraction of sp³-hybridized carbons (Fsp3) is 0.373. The Morgan fingerprint density at radius 1 is 0.901 bits per heavy atom. The molecule has 4 heterocycles. The third-order valence-electron chi connectivity index (χ3n) is 12.7. The van der Waals surface area contributed by atoms with E-state index in [2.05, 4.69) is 20.1 Å². The number of benzene rings is 4. The van der Waals surface area contributed by atoms with Gasteiger partial charge in [0.1, 0.15) is 29.2 Å². The molecule has 0 saturated carbocycles. The fourth-order valence-corrected chi connectivity index (χ4v) is 10.3. The number of nitrogens with zero attached hydrogens (tertiary/aromatic N) is 5. The Morgan fingerprint density at radius 3 is 2.11 bits per heavy atom. The number of rotatable bonds is 18. The normalized spacial score (nSPS) is 17.9. The molecule has 0 spiro atoms. The highest BCUT2D eigenvalue weighted by Crippen LogP contribution is 2.42. The Hall–Kier alpha value is -6.87. The van der Waals surface area contributed by atoms with Crippen molar-refractivity contribution in [1.29, 1.82) is 5.41 Å². The molecule has 2 amide bonds. The monoisotopic (exact) mass is 1010 g/mol. The molecule has 1 aromatic heterocycles. The number of ether oxygens (including phenoxy) is 2. The Balaban J connectivity index is 0.953. The van der Waals surface area contributed by atoms with Crippen molar-refractivity contribution in [2.75, 3.05) is 38.2 Å². The van der Waals surface area contributed by atoms with Crippen LogP contribution >= 0.6 is 11.3 Å². The molecule has 374 valence electrons. The van der Waals surface area contributed by atoms with Gasteiger partial charge in [0.15, 0.2) is 29.2 Å². The molecule has 3 aliphatic heterocycles. The maximum Gasteiger partial charge on any atom is 0.418 e. The topological polar surface area (TPSA) is 225 Å². The number of ketones is 1. The van der Waals surface area contributed by atoms with Gasteiger partial charge in [-0.25, -0.2) is 9.78 Å². The fourth-order valence-electron chi connectivity index (χ4n) is 9.12. The van der Waals surface area contributed by atoms with Crippen LogP contribution in [-0.4, -0.2) is 106 Å². The quantitative estimate of drug-likeness (QED) is 0.0128. The number of aromatic nitrogens is 1. The summed E-state index contributed by atoms with van der Waals surface area (Å²) < 4.78 is 48.3. The van der Waals surface area contributed by atoms with Crippen LogP contribution in [-0.2, 0) is 52.5 Å². The van der Waals surface area contributed by atoms with Gasteiger partial charge in [0.25, 0.3) is 5.91 Å². The molecule has 2 atom stereocenters. The molecule has 8 rings (SSSR count). The zero-order valence-electron chi connectivity index (χ0n) is 40.2. The summed E-state index contributed by atoms with van der Waals surface area (Å²) in [5.41, 5.74) is 2.15. The largest absolute Gasteiger partial charge is 0.490 e. The van der Waals surface area contributed by atoms with E-state index in [0.29, 0.717) is 48.1 Å². The predicted molar refractivity (Wildman–Crippen MR) is 267 cm³/mol. The predicted octanol–water partition coefficient (Wildman–Crippen LogP) is 7.37. The van der Waals surface area contributed by atoms with E-state index in [1.807, 2.05) is 140 Å². The standard InChI is InChI=1S/C51H58N8O10S2/c1-49(2,3)68-48(62)53-29-34-23-24-57(30-34)46(52)58-31-35-21-22-40(27-36(35)32-58)66-25-26-67-56-44(43(60)28-41-45(61)59(50(41,4)5)69-71(63,64)65)42-33-70-47(54-42)55-51(37-15-9-6-10-16-37,38-17-11-7-12-18-38)39-19-13-8-14-20-39/h6-22,27,33-34,41,52H,23-26,28-32H2,1-5H3,(H,53,62)(H,54,55)(H,63,64,65)/b52-46?,56-44-/t34?,41-/m1/s1. The van der Waals surface area contributed by atoms with E-state index in [0.717, 1.165) is 40.8 Å². The van der Waals surface area contributed by atoms with Crippen LogP contribution in [0.3, 0.4) is 0 Å². The van der Waals surface area contributed by atoms with Gasteiger partial charge in [0, 0.05) is 44.5 Å². The molecule has 18 nitrogen and oxygen atoms in total. The first kappa shape index (κ1) is 50.5. The van der Waals surface area contributed by atoms with E-state index in [4.69, 9.17) is 24.7 Å². The number of likely N-dealkylation sites (tertiary alicyclic amines) is 1. The van der Waals surface area contributed by atoms with E-state index < -0.39 is 57.2 Å². The molecule has 3 aliphatic rings. The van der Waals surface area contributed by atoms with Crippen molar-refractivity contribution in [2.45, 2.75) is 77.2 Å². The van der Waals surface area contributed by atoms with Crippen molar-refractivity contribution < 1.29 is 45.9 Å². The highest BCUT2D eigenvalue weighted by molar-refractivity contribution is 7.80. The summed E-state index contributed by atoms with van der Waals surface area (Å²) >= 11 is 1.25. The number of hydrogen-bond acceptors (Lipinski definition) is 14. The van der Waals surface area contributed by atoms with Crippen LogP contribution in [0.5, 0.6) is 5.75 Å². The number of amides is 2. The number of guanidine groups is 1. The summed E-state index contributed by atoms with van der Waals surface area (Å²) in [5, 5.41) is 22.5. The lowest BCUT2D eigenvalue weighted by Crippen LogP contribution is -2.68. The number of nitrogens with one attached hydrogen (secondary N) is 3. The molecule has 2 fully saturated rings. The van der Waals surface area contributed by atoms with Crippen molar-refractivity contribution in [3.63, 3.8) is 0 Å². The van der Waals surface area contributed by atoms with Crippen LogP contribution in [0.15, 0.2) is 120 Å². The van der Waals surface area contributed by atoms with Gasteiger partial charge in [-0.05, 0) is 86.9 Å². The first-order valence-electron chi connectivity index (χ1n) is 23.3. The lowest BCUT2D eigenvalue weighted by atomic mass is 9.74. The van der Waals surface area contributed by atoms with Gasteiger partial charge in [0.05, 0.1) is 11.5 Å². The Kier molecular flexibility index (Phi) is 14.8. The average molecular weight is 1010 g/mol. The molecule has 20 heteroatoms. The number of hydrogen-bond donors (Lipinski definition) is 4. The van der Waals surface area contributed by atoms with Gasteiger partial charge in [-0.2, -0.15) is 13.5 Å². The van der Waals surface area contributed by atoms with E-state index in [-0.39, 0.29) is 30.5 Å². The van der Waals surface area contributed by atoms with Crippen LogP contribution in [0.2, 0.25) is 0 Å². The second-order valence-electron chi connectivity index (χ2n) is 19.2. The lowest BCUT2D eigenvalue weighted by molar-refractivity contribution is -0.228. The minimum absolute atomic E-state index is 0.0590. The zero-order chi connectivity index (χ0) is 50.6. The summed E-state index contributed by atoms with van der Waals surface area (Å²) in [6, 6.07) is 35.6. The van der Waals surface area contributed by atoms with E-state index in [1.54, 1.807) is 5.38 Å². The van der Waals surface area contributed by atoms with E-state index in [9.17, 15) is 27.4 Å². The smallest absolute Gasteiger partial charge is 0.418 e. The van der Waals surface area contributed by atoms with Crippen molar-refractivity contribution in [3.8, 4) is 5.75 Å². The number of alkyl carbamates (subject to hydrolysis) is 1. The van der Waals surface area contributed by atoms with Crippen LogP contribution in [0.4, 0.5) is 9.93 Å².